The number of piperidine rings is 1. The van der Waals surface area contributed by atoms with Crippen LogP contribution >= 0.6 is 22.7 Å². The summed E-state index contributed by atoms with van der Waals surface area (Å²) in [7, 11) is 0. The Bertz CT molecular complexity index is 888. The fraction of sp³-hybridized carbons (Fsp3) is 0.667. The summed E-state index contributed by atoms with van der Waals surface area (Å²) in [5.74, 6) is 0.367. The zero-order valence-corrected chi connectivity index (χ0v) is 18.6. The van der Waals surface area contributed by atoms with Crippen LogP contribution < -0.4 is 20.3 Å². The van der Waals surface area contributed by atoms with Crippen molar-refractivity contribution in [2.75, 3.05) is 28.6 Å². The molecule has 0 aromatic carbocycles. The second-order valence-electron chi connectivity index (χ2n) is 7.91. The van der Waals surface area contributed by atoms with Gasteiger partial charge in [0.25, 0.3) is 5.19 Å². The minimum absolute atomic E-state index is 0.00508. The normalized spacial score (nSPS) is 17.2. The fourth-order valence-corrected chi connectivity index (χ4v) is 4.49. The third kappa shape index (κ3) is 5.63. The topological polar surface area (TPSA) is 122 Å². The van der Waals surface area contributed by atoms with Gasteiger partial charge in [-0.1, -0.05) is 30.3 Å². The molecule has 4 rings (SSSR count). The molecule has 2 fully saturated rings. The van der Waals surface area contributed by atoms with E-state index in [1.807, 2.05) is 13.8 Å². The Morgan fingerprint density at radius 1 is 1.03 bits per heavy atom. The molecule has 3 heterocycles. The second-order valence-corrected chi connectivity index (χ2v) is 9.80. The molecule has 1 saturated heterocycles. The van der Waals surface area contributed by atoms with Gasteiger partial charge in [-0.15, -0.1) is 15.3 Å². The Labute approximate surface area is 182 Å². The number of amides is 2. The Balaban J connectivity index is 1.22. The molecule has 2 N–H and O–H groups in total. The van der Waals surface area contributed by atoms with Gasteiger partial charge in [-0.05, 0) is 30.1 Å². The molecule has 0 radical (unpaired) electrons. The van der Waals surface area contributed by atoms with Crippen molar-refractivity contribution < 1.29 is 14.3 Å². The predicted molar refractivity (Wildman–Crippen MR) is 115 cm³/mol. The van der Waals surface area contributed by atoms with E-state index in [9.17, 15) is 9.59 Å². The van der Waals surface area contributed by atoms with Gasteiger partial charge >= 0.3 is 0 Å². The van der Waals surface area contributed by atoms with Crippen molar-refractivity contribution in [2.45, 2.75) is 52.1 Å². The van der Waals surface area contributed by atoms with Crippen molar-refractivity contribution in [3.63, 3.8) is 0 Å². The van der Waals surface area contributed by atoms with E-state index in [-0.39, 0.29) is 23.8 Å². The molecule has 0 bridgehead atoms. The van der Waals surface area contributed by atoms with Crippen LogP contribution in [0.1, 0.15) is 46.0 Å². The van der Waals surface area contributed by atoms with Crippen LogP contribution in [-0.4, -0.2) is 51.4 Å². The molecule has 12 heteroatoms. The van der Waals surface area contributed by atoms with Gasteiger partial charge in [0, 0.05) is 38.3 Å². The number of nitrogens with zero attached hydrogens (tertiary/aromatic N) is 5. The van der Waals surface area contributed by atoms with Crippen LogP contribution in [0.2, 0.25) is 0 Å². The lowest BCUT2D eigenvalue weighted by molar-refractivity contribution is -0.119. The number of anilines is 3. The van der Waals surface area contributed by atoms with Crippen molar-refractivity contribution in [1.82, 2.24) is 20.4 Å². The minimum Gasteiger partial charge on any atom is -0.465 e. The number of carbonyl (C=O) groups excluding carboxylic acids is 2. The van der Waals surface area contributed by atoms with Gasteiger partial charge in [-0.2, -0.15) is 0 Å². The van der Waals surface area contributed by atoms with E-state index >= 15 is 0 Å². The third-order valence-electron chi connectivity index (χ3n) is 4.97. The number of rotatable bonds is 8. The van der Waals surface area contributed by atoms with Crippen LogP contribution in [0, 0.1) is 11.8 Å². The van der Waals surface area contributed by atoms with Crippen LogP contribution in [0.3, 0.4) is 0 Å². The van der Waals surface area contributed by atoms with Crippen molar-refractivity contribution in [1.29, 1.82) is 0 Å². The number of nitrogens with one attached hydrogen (secondary N) is 2. The van der Waals surface area contributed by atoms with Gasteiger partial charge < -0.3 is 20.3 Å². The molecule has 0 unspecified atom stereocenters. The highest BCUT2D eigenvalue weighted by atomic mass is 32.1. The Morgan fingerprint density at radius 3 is 2.43 bits per heavy atom. The van der Waals surface area contributed by atoms with Gasteiger partial charge in [0.1, 0.15) is 6.10 Å². The lowest BCUT2D eigenvalue weighted by Gasteiger charge is -2.30. The summed E-state index contributed by atoms with van der Waals surface area (Å²) in [5, 5.41) is 24.2. The number of hydrogen-bond donors (Lipinski definition) is 2. The monoisotopic (exact) mass is 451 g/mol. The van der Waals surface area contributed by atoms with E-state index < -0.39 is 0 Å². The van der Waals surface area contributed by atoms with E-state index in [4.69, 9.17) is 4.74 Å². The Morgan fingerprint density at radius 2 is 1.73 bits per heavy atom. The smallest absolute Gasteiger partial charge is 0.296 e. The van der Waals surface area contributed by atoms with Gasteiger partial charge in [-0.3, -0.25) is 9.59 Å². The van der Waals surface area contributed by atoms with Crippen molar-refractivity contribution in [3.05, 3.63) is 0 Å². The predicted octanol–water partition coefficient (Wildman–Crippen LogP) is 2.77. The van der Waals surface area contributed by atoms with Crippen LogP contribution in [0.15, 0.2) is 0 Å². The summed E-state index contributed by atoms with van der Waals surface area (Å²) >= 11 is 2.64. The van der Waals surface area contributed by atoms with Crippen LogP contribution in [0.4, 0.5) is 15.4 Å². The summed E-state index contributed by atoms with van der Waals surface area (Å²) in [4.78, 5) is 25.8. The van der Waals surface area contributed by atoms with E-state index in [1.54, 1.807) is 0 Å². The van der Waals surface area contributed by atoms with Gasteiger partial charge in [0.2, 0.25) is 27.2 Å². The number of aromatic nitrogens is 4. The first kappa shape index (κ1) is 20.9. The SMILES string of the molecule is CC(C)C(=O)Nc1nnc(N2CCC(Oc3nnc(NC(=O)CC4CC4)s3)CC2)s1. The summed E-state index contributed by atoms with van der Waals surface area (Å²) in [6, 6.07) is 0. The van der Waals surface area contributed by atoms with E-state index in [0.29, 0.717) is 27.8 Å². The zero-order valence-electron chi connectivity index (χ0n) is 17.0. The molecule has 10 nitrogen and oxygen atoms in total. The Hall–Kier alpha value is -2.34. The van der Waals surface area contributed by atoms with Crippen LogP contribution in [0.5, 0.6) is 5.19 Å². The van der Waals surface area contributed by atoms with Crippen molar-refractivity contribution in [2.24, 2.45) is 11.8 Å². The lowest BCUT2D eigenvalue weighted by Crippen LogP contribution is -2.38. The molecule has 2 aromatic heterocycles. The Kier molecular flexibility index (Phi) is 6.42. The highest BCUT2D eigenvalue weighted by Crippen LogP contribution is 2.33. The second kappa shape index (κ2) is 9.21. The molecule has 1 aliphatic carbocycles. The lowest BCUT2D eigenvalue weighted by atomic mass is 10.1. The maximum Gasteiger partial charge on any atom is 0.296 e. The highest BCUT2D eigenvalue weighted by molar-refractivity contribution is 7.19. The summed E-state index contributed by atoms with van der Waals surface area (Å²) in [6.45, 7) is 5.23. The first-order chi connectivity index (χ1) is 14.5. The first-order valence-corrected chi connectivity index (χ1v) is 11.8. The van der Waals surface area contributed by atoms with E-state index in [0.717, 1.165) is 43.9 Å². The molecule has 162 valence electrons. The molecule has 0 atom stereocenters. The maximum absolute atomic E-state index is 11.9. The van der Waals surface area contributed by atoms with Gasteiger partial charge in [0.05, 0.1) is 0 Å². The van der Waals surface area contributed by atoms with E-state index in [1.165, 1.54) is 22.7 Å². The van der Waals surface area contributed by atoms with Crippen molar-refractivity contribution >= 4 is 49.9 Å². The van der Waals surface area contributed by atoms with Gasteiger partial charge in [-0.25, -0.2) is 0 Å². The summed E-state index contributed by atoms with van der Waals surface area (Å²) in [5.41, 5.74) is 0. The van der Waals surface area contributed by atoms with E-state index in [2.05, 4.69) is 35.9 Å². The molecular formula is C18H25N7O3S2. The molecule has 0 spiro atoms. The third-order valence-corrected chi connectivity index (χ3v) is 6.60. The van der Waals surface area contributed by atoms with Gasteiger partial charge in [0.15, 0.2) is 0 Å². The number of carbonyl (C=O) groups is 2. The average Bonchev–Trinajstić information content (AvgIpc) is 3.21. The number of hydrogen-bond acceptors (Lipinski definition) is 10. The maximum atomic E-state index is 11.9. The molecular weight excluding hydrogens is 426 g/mol. The standard InChI is InChI=1S/C18H25N7O3S2/c1-10(2)14(27)20-16-21-23-17(29-16)25-7-5-12(6-8-25)28-18-24-22-15(30-18)19-13(26)9-11-3-4-11/h10-12H,3-9H2,1-2H3,(H,19,22,26)(H,20,21,27). The zero-order chi connectivity index (χ0) is 21.1. The molecule has 2 aliphatic rings. The van der Waals surface area contributed by atoms with Crippen LogP contribution in [0.25, 0.3) is 0 Å². The molecule has 2 amide bonds. The highest BCUT2D eigenvalue weighted by Gasteiger charge is 2.26. The fourth-order valence-electron chi connectivity index (χ4n) is 3.01. The summed E-state index contributed by atoms with van der Waals surface area (Å²) in [6.07, 6.45) is 4.51. The largest absolute Gasteiger partial charge is 0.465 e. The molecule has 2 aromatic rings. The van der Waals surface area contributed by atoms with Crippen molar-refractivity contribution in [3.8, 4) is 5.19 Å². The first-order valence-electron chi connectivity index (χ1n) is 10.2. The quantitative estimate of drug-likeness (QED) is 0.628. The molecule has 1 saturated carbocycles. The molecule has 1 aliphatic heterocycles. The summed E-state index contributed by atoms with van der Waals surface area (Å²) < 4.78 is 5.96. The minimum atomic E-state index is -0.0994. The number of ether oxygens (including phenoxy) is 1. The van der Waals surface area contributed by atoms with Crippen LogP contribution in [-0.2, 0) is 9.59 Å². The average molecular weight is 452 g/mol. The molecule has 30 heavy (non-hydrogen) atoms.